The maximum atomic E-state index is 13.3. The van der Waals surface area contributed by atoms with E-state index in [0.717, 1.165) is 5.56 Å². The molecule has 76 valence electrons. The van der Waals surface area contributed by atoms with Crippen LogP contribution < -0.4 is 0 Å². The second-order valence-electron chi connectivity index (χ2n) is 4.00. The topological polar surface area (TPSA) is 0 Å². The fraction of sp³-hybridized carbons (Fsp3) is 0.500. The minimum atomic E-state index is -0.127. The van der Waals surface area contributed by atoms with Crippen LogP contribution in [0.2, 0.25) is 0 Å². The lowest BCUT2D eigenvalue weighted by Crippen LogP contribution is -2.24. The molecule has 1 unspecified atom stereocenters. The molecule has 1 aromatic carbocycles. The number of rotatable bonds is 3. The van der Waals surface area contributed by atoms with Crippen LogP contribution in [0.5, 0.6) is 0 Å². The molecule has 1 aliphatic rings. The van der Waals surface area contributed by atoms with Crippen LogP contribution in [-0.2, 0) is 6.42 Å². The molecule has 1 saturated carbocycles. The van der Waals surface area contributed by atoms with E-state index in [1.165, 1.54) is 25.3 Å². The van der Waals surface area contributed by atoms with Gasteiger partial charge in [0.1, 0.15) is 5.82 Å². The zero-order valence-electron chi connectivity index (χ0n) is 8.05. The monoisotopic (exact) mass is 212 g/mol. The van der Waals surface area contributed by atoms with Gasteiger partial charge in [-0.2, -0.15) is 0 Å². The molecule has 2 rings (SSSR count). The summed E-state index contributed by atoms with van der Waals surface area (Å²) in [5.74, 6) is 0.480. The Morgan fingerprint density at radius 3 is 2.64 bits per heavy atom. The molecule has 0 amide bonds. The number of halogens is 2. The zero-order valence-corrected chi connectivity index (χ0v) is 8.80. The molecule has 0 radical (unpaired) electrons. The Labute approximate surface area is 89.1 Å². The van der Waals surface area contributed by atoms with E-state index in [4.69, 9.17) is 11.6 Å². The van der Waals surface area contributed by atoms with Gasteiger partial charge in [-0.05, 0) is 36.8 Å². The largest absolute Gasteiger partial charge is 0.207 e. The molecule has 0 nitrogen and oxygen atoms in total. The van der Waals surface area contributed by atoms with Crippen LogP contribution in [0.15, 0.2) is 24.3 Å². The summed E-state index contributed by atoms with van der Waals surface area (Å²) in [5.41, 5.74) is 0.749. The Balaban J connectivity index is 1.99. The average molecular weight is 213 g/mol. The highest BCUT2D eigenvalue weighted by molar-refractivity contribution is 6.21. The maximum Gasteiger partial charge on any atom is 0.126 e. The summed E-state index contributed by atoms with van der Waals surface area (Å²) in [6.07, 6.45) is 4.37. The van der Waals surface area contributed by atoms with Crippen LogP contribution in [0.1, 0.15) is 24.8 Å². The summed E-state index contributed by atoms with van der Waals surface area (Å²) in [5, 5.41) is 0.112. The number of hydrogen-bond donors (Lipinski definition) is 0. The van der Waals surface area contributed by atoms with E-state index >= 15 is 0 Å². The Bertz CT molecular complexity index is 307. The smallest absolute Gasteiger partial charge is 0.126 e. The third kappa shape index (κ3) is 2.09. The van der Waals surface area contributed by atoms with Gasteiger partial charge in [-0.15, -0.1) is 11.6 Å². The molecular formula is C12H14ClF. The molecule has 14 heavy (non-hydrogen) atoms. The van der Waals surface area contributed by atoms with Crippen molar-refractivity contribution in [3.05, 3.63) is 35.6 Å². The summed E-state index contributed by atoms with van der Waals surface area (Å²) in [4.78, 5) is 0. The van der Waals surface area contributed by atoms with Gasteiger partial charge >= 0.3 is 0 Å². The van der Waals surface area contributed by atoms with Gasteiger partial charge in [0, 0.05) is 5.38 Å². The van der Waals surface area contributed by atoms with E-state index in [0.29, 0.717) is 12.3 Å². The van der Waals surface area contributed by atoms with E-state index in [-0.39, 0.29) is 11.2 Å². The number of hydrogen-bond acceptors (Lipinski definition) is 0. The molecule has 0 saturated heterocycles. The van der Waals surface area contributed by atoms with Crippen molar-refractivity contribution in [1.82, 2.24) is 0 Å². The Morgan fingerprint density at radius 1 is 1.36 bits per heavy atom. The van der Waals surface area contributed by atoms with Crippen molar-refractivity contribution < 1.29 is 4.39 Å². The van der Waals surface area contributed by atoms with Crippen LogP contribution in [0.4, 0.5) is 4.39 Å². The molecule has 1 aliphatic carbocycles. The van der Waals surface area contributed by atoms with Crippen molar-refractivity contribution in [3.63, 3.8) is 0 Å². The number of alkyl halides is 1. The van der Waals surface area contributed by atoms with Crippen molar-refractivity contribution in [2.24, 2.45) is 5.92 Å². The summed E-state index contributed by atoms with van der Waals surface area (Å²) in [6, 6.07) is 6.90. The van der Waals surface area contributed by atoms with Gasteiger partial charge in [0.2, 0.25) is 0 Å². The van der Waals surface area contributed by atoms with Gasteiger partial charge in [-0.1, -0.05) is 24.6 Å². The van der Waals surface area contributed by atoms with E-state index in [2.05, 4.69) is 0 Å². The quantitative estimate of drug-likeness (QED) is 0.669. The Hall–Kier alpha value is -0.560. The van der Waals surface area contributed by atoms with Crippen LogP contribution in [0, 0.1) is 11.7 Å². The molecule has 0 aromatic heterocycles. The van der Waals surface area contributed by atoms with Crippen molar-refractivity contribution in [1.29, 1.82) is 0 Å². The molecule has 0 bridgehead atoms. The highest BCUT2D eigenvalue weighted by Gasteiger charge is 2.26. The Morgan fingerprint density at radius 2 is 2.07 bits per heavy atom. The van der Waals surface area contributed by atoms with Crippen LogP contribution in [-0.4, -0.2) is 5.38 Å². The van der Waals surface area contributed by atoms with Crippen LogP contribution >= 0.6 is 11.6 Å². The molecule has 2 heteroatoms. The third-order valence-corrected chi connectivity index (χ3v) is 3.54. The first-order chi connectivity index (χ1) is 6.77. The molecule has 0 N–H and O–H groups in total. The maximum absolute atomic E-state index is 13.3. The van der Waals surface area contributed by atoms with Crippen molar-refractivity contribution in [2.45, 2.75) is 31.1 Å². The normalized spacial score (nSPS) is 19.0. The van der Waals surface area contributed by atoms with E-state index in [9.17, 15) is 4.39 Å². The molecule has 0 heterocycles. The van der Waals surface area contributed by atoms with E-state index in [1.807, 2.05) is 12.1 Å². The SMILES string of the molecule is Fc1ccccc1CC(Cl)C1CCC1. The first-order valence-corrected chi connectivity index (χ1v) is 5.58. The standard InChI is InChI=1S/C12H14ClF/c13-11(9-5-3-6-9)8-10-4-1-2-7-12(10)14/h1-2,4,7,9,11H,3,5-6,8H2. The van der Waals surface area contributed by atoms with Crippen molar-refractivity contribution in [3.8, 4) is 0 Å². The lowest BCUT2D eigenvalue weighted by Gasteiger charge is -2.29. The Kier molecular flexibility index (Phi) is 3.07. The average Bonchev–Trinajstić information content (AvgIpc) is 2.05. The fourth-order valence-corrected chi connectivity index (χ4v) is 2.26. The van der Waals surface area contributed by atoms with Gasteiger partial charge in [0.05, 0.1) is 0 Å². The summed E-state index contributed by atoms with van der Waals surface area (Å²) in [7, 11) is 0. The minimum Gasteiger partial charge on any atom is -0.207 e. The predicted molar refractivity (Wildman–Crippen MR) is 57.1 cm³/mol. The lowest BCUT2D eigenvalue weighted by molar-refractivity contribution is 0.301. The molecule has 0 aliphatic heterocycles. The molecule has 1 aromatic rings. The third-order valence-electron chi connectivity index (χ3n) is 3.03. The van der Waals surface area contributed by atoms with E-state index < -0.39 is 0 Å². The van der Waals surface area contributed by atoms with Crippen LogP contribution in [0.25, 0.3) is 0 Å². The van der Waals surface area contributed by atoms with Gasteiger partial charge in [0.15, 0.2) is 0 Å². The second kappa shape index (κ2) is 4.31. The van der Waals surface area contributed by atoms with Gasteiger partial charge in [-0.3, -0.25) is 0 Å². The fourth-order valence-electron chi connectivity index (χ4n) is 1.84. The highest BCUT2D eigenvalue weighted by Crippen LogP contribution is 2.34. The molecule has 1 fully saturated rings. The lowest BCUT2D eigenvalue weighted by atomic mass is 9.81. The van der Waals surface area contributed by atoms with Gasteiger partial charge in [0.25, 0.3) is 0 Å². The predicted octanol–water partition coefficient (Wildman–Crippen LogP) is 3.78. The molecular weight excluding hydrogens is 199 g/mol. The summed E-state index contributed by atoms with van der Waals surface area (Å²) >= 11 is 6.22. The van der Waals surface area contributed by atoms with Crippen LogP contribution in [0.3, 0.4) is 0 Å². The first kappa shape index (κ1) is 9.97. The summed E-state index contributed by atoms with van der Waals surface area (Å²) < 4.78 is 13.3. The van der Waals surface area contributed by atoms with Gasteiger partial charge < -0.3 is 0 Å². The number of benzene rings is 1. The summed E-state index contributed by atoms with van der Waals surface area (Å²) in [6.45, 7) is 0. The second-order valence-corrected chi connectivity index (χ2v) is 4.56. The first-order valence-electron chi connectivity index (χ1n) is 5.15. The zero-order chi connectivity index (χ0) is 9.97. The molecule has 0 spiro atoms. The van der Waals surface area contributed by atoms with Crippen molar-refractivity contribution >= 4 is 11.6 Å². The minimum absolute atomic E-state index is 0.112. The van der Waals surface area contributed by atoms with Gasteiger partial charge in [-0.25, -0.2) is 4.39 Å². The molecule has 1 atom stereocenters. The van der Waals surface area contributed by atoms with Crippen molar-refractivity contribution in [2.75, 3.05) is 0 Å². The van der Waals surface area contributed by atoms with E-state index in [1.54, 1.807) is 6.07 Å². The highest BCUT2D eigenvalue weighted by atomic mass is 35.5.